The van der Waals surface area contributed by atoms with E-state index < -0.39 is 0 Å². The van der Waals surface area contributed by atoms with Crippen molar-refractivity contribution in [2.24, 2.45) is 11.8 Å². The van der Waals surface area contributed by atoms with E-state index in [1.165, 1.54) is 0 Å². The molecular weight excluding hydrogens is 240 g/mol. The number of hydrogen-bond acceptors (Lipinski definition) is 3. The molecule has 0 saturated carbocycles. The van der Waals surface area contributed by atoms with E-state index in [9.17, 15) is 4.79 Å². The summed E-state index contributed by atoms with van der Waals surface area (Å²) in [6.07, 6.45) is 0. The van der Waals surface area contributed by atoms with E-state index in [1.54, 1.807) is 7.11 Å². The van der Waals surface area contributed by atoms with Gasteiger partial charge in [-0.2, -0.15) is 0 Å². The molecule has 1 aromatic rings. The third-order valence-corrected chi connectivity index (χ3v) is 3.81. The fourth-order valence-corrected chi connectivity index (χ4v) is 2.48. The quantitative estimate of drug-likeness (QED) is 0.869. The predicted molar refractivity (Wildman–Crippen MR) is 75.1 cm³/mol. The number of rotatable bonds is 4. The van der Waals surface area contributed by atoms with Crippen LogP contribution in [0, 0.1) is 11.8 Å². The summed E-state index contributed by atoms with van der Waals surface area (Å²) in [6.45, 7) is 5.81. The molecule has 2 N–H and O–H groups in total. The van der Waals surface area contributed by atoms with Crippen molar-refractivity contribution in [3.63, 3.8) is 0 Å². The Balaban J connectivity index is 1.99. The van der Waals surface area contributed by atoms with Crippen LogP contribution in [0.1, 0.15) is 25.5 Å². The van der Waals surface area contributed by atoms with Crippen molar-refractivity contribution >= 4 is 5.91 Å². The zero-order valence-electron chi connectivity index (χ0n) is 11.8. The molecule has 1 fully saturated rings. The third-order valence-electron chi connectivity index (χ3n) is 3.81. The maximum Gasteiger partial charge on any atom is 0.225 e. The Morgan fingerprint density at radius 2 is 2.26 bits per heavy atom. The first-order chi connectivity index (χ1) is 9.11. The van der Waals surface area contributed by atoms with Gasteiger partial charge >= 0.3 is 0 Å². The normalized spacial score (nSPS) is 23.9. The number of amides is 1. The lowest BCUT2D eigenvalue weighted by Crippen LogP contribution is -2.35. The van der Waals surface area contributed by atoms with Gasteiger partial charge in [-0.15, -0.1) is 0 Å². The van der Waals surface area contributed by atoms with Gasteiger partial charge in [-0.25, -0.2) is 0 Å². The van der Waals surface area contributed by atoms with Crippen LogP contribution in [0.3, 0.4) is 0 Å². The Labute approximate surface area is 114 Å². The average Bonchev–Trinajstić information content (AvgIpc) is 2.85. The van der Waals surface area contributed by atoms with Crippen LogP contribution in [0.25, 0.3) is 0 Å². The first kappa shape index (κ1) is 13.9. The van der Waals surface area contributed by atoms with E-state index in [-0.39, 0.29) is 17.9 Å². The molecule has 104 valence electrons. The zero-order chi connectivity index (χ0) is 13.8. The van der Waals surface area contributed by atoms with Crippen molar-refractivity contribution in [3.8, 4) is 5.75 Å². The second kappa shape index (κ2) is 6.06. The minimum Gasteiger partial charge on any atom is -0.497 e. The number of nitrogens with one attached hydrogen (secondary N) is 2. The first-order valence-corrected chi connectivity index (χ1v) is 6.77. The summed E-state index contributed by atoms with van der Waals surface area (Å²) in [5.74, 6) is 1.42. The van der Waals surface area contributed by atoms with E-state index in [1.807, 2.05) is 31.2 Å². The summed E-state index contributed by atoms with van der Waals surface area (Å²) >= 11 is 0. The Bertz CT molecular complexity index is 448. The van der Waals surface area contributed by atoms with Crippen LogP contribution in [-0.4, -0.2) is 26.1 Å². The Hall–Kier alpha value is -1.55. The van der Waals surface area contributed by atoms with Crippen LogP contribution in [-0.2, 0) is 4.79 Å². The molecule has 4 nitrogen and oxygen atoms in total. The van der Waals surface area contributed by atoms with E-state index in [2.05, 4.69) is 17.6 Å². The number of ether oxygens (including phenoxy) is 1. The van der Waals surface area contributed by atoms with Crippen molar-refractivity contribution in [2.45, 2.75) is 19.9 Å². The largest absolute Gasteiger partial charge is 0.497 e. The van der Waals surface area contributed by atoms with Gasteiger partial charge in [0.25, 0.3) is 0 Å². The summed E-state index contributed by atoms with van der Waals surface area (Å²) < 4.78 is 5.20. The molecule has 1 saturated heterocycles. The van der Waals surface area contributed by atoms with Crippen molar-refractivity contribution in [2.75, 3.05) is 20.2 Å². The van der Waals surface area contributed by atoms with E-state index >= 15 is 0 Å². The molecule has 1 aromatic carbocycles. The highest BCUT2D eigenvalue weighted by Gasteiger charge is 2.30. The number of carbonyl (C=O) groups excluding carboxylic acids is 1. The monoisotopic (exact) mass is 262 g/mol. The molecule has 1 aliphatic heterocycles. The van der Waals surface area contributed by atoms with Crippen LogP contribution in [0.4, 0.5) is 0 Å². The van der Waals surface area contributed by atoms with Gasteiger partial charge in [-0.3, -0.25) is 4.79 Å². The molecule has 0 aliphatic carbocycles. The number of hydrogen-bond donors (Lipinski definition) is 2. The highest BCUT2D eigenvalue weighted by Crippen LogP contribution is 2.21. The minimum atomic E-state index is -0.00426. The number of methoxy groups -OCH3 is 1. The molecule has 1 amide bonds. The summed E-state index contributed by atoms with van der Waals surface area (Å²) in [4.78, 5) is 12.2. The first-order valence-electron chi connectivity index (χ1n) is 6.77. The lowest BCUT2D eigenvalue weighted by molar-refractivity contribution is -0.126. The highest BCUT2D eigenvalue weighted by atomic mass is 16.5. The van der Waals surface area contributed by atoms with Gasteiger partial charge in [0.1, 0.15) is 5.75 Å². The second-order valence-electron chi connectivity index (χ2n) is 5.25. The Morgan fingerprint density at radius 1 is 1.47 bits per heavy atom. The van der Waals surface area contributed by atoms with Crippen LogP contribution in [0.5, 0.6) is 5.75 Å². The maximum absolute atomic E-state index is 12.2. The second-order valence-corrected chi connectivity index (χ2v) is 5.25. The van der Waals surface area contributed by atoms with Gasteiger partial charge in [0.2, 0.25) is 5.91 Å². The summed E-state index contributed by atoms with van der Waals surface area (Å²) in [7, 11) is 1.65. The van der Waals surface area contributed by atoms with Crippen LogP contribution >= 0.6 is 0 Å². The Morgan fingerprint density at radius 3 is 2.89 bits per heavy atom. The summed E-state index contributed by atoms with van der Waals surface area (Å²) in [6, 6.07) is 7.80. The molecule has 4 heteroatoms. The van der Waals surface area contributed by atoms with Crippen molar-refractivity contribution < 1.29 is 9.53 Å². The molecule has 0 unspecified atom stereocenters. The molecule has 0 bridgehead atoms. The standard InChI is InChI=1S/C15H22N2O2/c1-10-8-16-9-14(10)15(18)17-11(2)12-5-4-6-13(7-12)19-3/h4-7,10-11,14,16H,8-9H2,1-3H3,(H,17,18)/t10-,11+,14-/m1/s1. The molecular formula is C15H22N2O2. The van der Waals surface area contributed by atoms with E-state index in [0.717, 1.165) is 24.4 Å². The minimum absolute atomic E-state index is 0.00426. The van der Waals surface area contributed by atoms with E-state index in [4.69, 9.17) is 4.74 Å². The van der Waals surface area contributed by atoms with Crippen molar-refractivity contribution in [1.82, 2.24) is 10.6 Å². The number of carbonyl (C=O) groups is 1. The molecule has 0 spiro atoms. The summed E-state index contributed by atoms with van der Waals surface area (Å²) in [5, 5.41) is 6.34. The zero-order valence-corrected chi connectivity index (χ0v) is 11.8. The lowest BCUT2D eigenvalue weighted by atomic mass is 9.96. The van der Waals surface area contributed by atoms with Gasteiger partial charge in [-0.05, 0) is 37.1 Å². The maximum atomic E-state index is 12.2. The highest BCUT2D eigenvalue weighted by molar-refractivity contribution is 5.80. The fourth-order valence-electron chi connectivity index (χ4n) is 2.48. The Kier molecular flexibility index (Phi) is 4.43. The van der Waals surface area contributed by atoms with Gasteiger partial charge in [0.05, 0.1) is 19.1 Å². The van der Waals surface area contributed by atoms with Gasteiger partial charge in [0.15, 0.2) is 0 Å². The lowest BCUT2D eigenvalue weighted by Gasteiger charge is -2.19. The molecule has 1 aliphatic rings. The third kappa shape index (κ3) is 3.26. The van der Waals surface area contributed by atoms with Crippen LogP contribution in [0.2, 0.25) is 0 Å². The van der Waals surface area contributed by atoms with Crippen molar-refractivity contribution in [3.05, 3.63) is 29.8 Å². The van der Waals surface area contributed by atoms with Crippen LogP contribution in [0.15, 0.2) is 24.3 Å². The molecule has 0 aromatic heterocycles. The van der Waals surface area contributed by atoms with Crippen molar-refractivity contribution in [1.29, 1.82) is 0 Å². The predicted octanol–water partition coefficient (Wildman–Crippen LogP) is 1.73. The average molecular weight is 262 g/mol. The van der Waals surface area contributed by atoms with E-state index in [0.29, 0.717) is 5.92 Å². The molecule has 1 heterocycles. The molecule has 3 atom stereocenters. The molecule has 0 radical (unpaired) electrons. The van der Waals surface area contributed by atoms with Gasteiger partial charge in [0, 0.05) is 6.54 Å². The smallest absolute Gasteiger partial charge is 0.225 e. The SMILES string of the molecule is COc1cccc([C@H](C)NC(=O)[C@@H]2CNC[C@H]2C)c1. The molecule has 2 rings (SSSR count). The molecule has 19 heavy (non-hydrogen) atoms. The topological polar surface area (TPSA) is 50.4 Å². The summed E-state index contributed by atoms with van der Waals surface area (Å²) in [5.41, 5.74) is 1.06. The van der Waals surface area contributed by atoms with Crippen LogP contribution < -0.4 is 15.4 Å². The number of benzene rings is 1. The fraction of sp³-hybridized carbons (Fsp3) is 0.533. The van der Waals surface area contributed by atoms with Gasteiger partial charge in [-0.1, -0.05) is 19.1 Å². The van der Waals surface area contributed by atoms with Gasteiger partial charge < -0.3 is 15.4 Å².